The lowest BCUT2D eigenvalue weighted by Crippen LogP contribution is -2.22. The molecule has 1 atom stereocenters. The van der Waals surface area contributed by atoms with E-state index in [0.29, 0.717) is 6.04 Å². The average molecular weight is 283 g/mol. The summed E-state index contributed by atoms with van der Waals surface area (Å²) >= 11 is 0. The van der Waals surface area contributed by atoms with Crippen molar-refractivity contribution >= 4 is 0 Å². The Bertz CT molecular complexity index is 600. The van der Waals surface area contributed by atoms with Gasteiger partial charge in [-0.15, -0.1) is 0 Å². The van der Waals surface area contributed by atoms with E-state index in [1.807, 2.05) is 16.8 Å². The number of benzene rings is 1. The summed E-state index contributed by atoms with van der Waals surface area (Å²) in [5, 5.41) is 0. The molecule has 112 valence electrons. The van der Waals surface area contributed by atoms with Crippen LogP contribution in [0.5, 0.6) is 0 Å². The van der Waals surface area contributed by atoms with E-state index >= 15 is 0 Å². The number of nitrogens with zero attached hydrogens (tertiary/aromatic N) is 1. The molecule has 1 aromatic carbocycles. The molecule has 0 fully saturated rings. The molecule has 2 nitrogen and oxygen atoms in total. The van der Waals surface area contributed by atoms with Crippen LogP contribution in [-0.4, -0.2) is 4.57 Å². The molecule has 0 spiro atoms. The molecule has 2 aromatic rings. The number of hydrogen-bond acceptors (Lipinski definition) is 1. The van der Waals surface area contributed by atoms with Crippen molar-refractivity contribution < 1.29 is 0 Å². The molecule has 0 amide bonds. The molecule has 0 saturated carbocycles. The normalized spacial score (nSPS) is 12.3. The molecule has 1 aromatic heterocycles. The Morgan fingerprint density at radius 1 is 1.05 bits per heavy atom. The molecule has 0 bridgehead atoms. The fourth-order valence-corrected chi connectivity index (χ4v) is 2.62. The topological polar surface area (TPSA) is 22.0 Å². The van der Waals surface area contributed by atoms with Crippen molar-refractivity contribution in [1.82, 2.24) is 4.57 Å². The molecule has 0 radical (unpaired) electrons. The summed E-state index contributed by atoms with van der Waals surface area (Å²) in [4.78, 5) is 12.2. The van der Waals surface area contributed by atoms with Crippen LogP contribution in [-0.2, 0) is 12.8 Å². The Hall–Kier alpha value is -1.83. The van der Waals surface area contributed by atoms with E-state index in [1.54, 1.807) is 6.07 Å². The van der Waals surface area contributed by atoms with Gasteiger partial charge in [-0.2, -0.15) is 0 Å². The first-order chi connectivity index (χ1) is 10.2. The molecule has 1 unspecified atom stereocenters. The molecule has 0 N–H and O–H groups in total. The highest BCUT2D eigenvalue weighted by Gasteiger charge is 2.06. The zero-order valence-electron chi connectivity index (χ0n) is 13.1. The van der Waals surface area contributed by atoms with Gasteiger partial charge in [0.15, 0.2) is 0 Å². The van der Waals surface area contributed by atoms with Gasteiger partial charge in [0.25, 0.3) is 5.56 Å². The van der Waals surface area contributed by atoms with Gasteiger partial charge in [-0.05, 0) is 43.4 Å². The highest BCUT2D eigenvalue weighted by Crippen LogP contribution is 2.13. The van der Waals surface area contributed by atoms with Crippen LogP contribution < -0.4 is 5.56 Å². The highest BCUT2D eigenvalue weighted by atomic mass is 16.1. The van der Waals surface area contributed by atoms with Crippen LogP contribution in [0.25, 0.3) is 0 Å². The lowest BCUT2D eigenvalue weighted by Gasteiger charge is -2.15. The SMILES string of the molecule is CCCCC(C)n1ccc(CCc2ccccc2)cc1=O. The van der Waals surface area contributed by atoms with Crippen molar-refractivity contribution in [1.29, 1.82) is 0 Å². The van der Waals surface area contributed by atoms with Crippen molar-refractivity contribution in [3.8, 4) is 0 Å². The summed E-state index contributed by atoms with van der Waals surface area (Å²) in [5.74, 6) is 0. The monoisotopic (exact) mass is 283 g/mol. The third-order valence-electron chi connectivity index (χ3n) is 4.01. The van der Waals surface area contributed by atoms with Gasteiger partial charge in [0.05, 0.1) is 0 Å². The van der Waals surface area contributed by atoms with Crippen molar-refractivity contribution in [2.75, 3.05) is 0 Å². The molecule has 0 saturated heterocycles. The van der Waals surface area contributed by atoms with E-state index in [2.05, 4.69) is 44.2 Å². The summed E-state index contributed by atoms with van der Waals surface area (Å²) in [6.45, 7) is 4.31. The maximum absolute atomic E-state index is 12.2. The van der Waals surface area contributed by atoms with Gasteiger partial charge in [0, 0.05) is 18.3 Å². The number of aromatic nitrogens is 1. The fraction of sp³-hybridized carbons (Fsp3) is 0.421. The van der Waals surface area contributed by atoms with Gasteiger partial charge in [-0.1, -0.05) is 50.1 Å². The predicted molar refractivity (Wildman–Crippen MR) is 88.8 cm³/mol. The Labute approximate surface area is 127 Å². The van der Waals surface area contributed by atoms with Gasteiger partial charge < -0.3 is 4.57 Å². The quantitative estimate of drug-likeness (QED) is 0.739. The van der Waals surface area contributed by atoms with E-state index < -0.39 is 0 Å². The van der Waals surface area contributed by atoms with Crippen molar-refractivity contribution in [3.63, 3.8) is 0 Å². The Morgan fingerprint density at radius 2 is 1.76 bits per heavy atom. The van der Waals surface area contributed by atoms with E-state index in [4.69, 9.17) is 0 Å². The Morgan fingerprint density at radius 3 is 2.43 bits per heavy atom. The molecule has 0 aliphatic carbocycles. The van der Waals surface area contributed by atoms with Crippen LogP contribution in [0, 0.1) is 0 Å². The molecule has 0 aliphatic rings. The van der Waals surface area contributed by atoms with Gasteiger partial charge in [0.1, 0.15) is 0 Å². The summed E-state index contributed by atoms with van der Waals surface area (Å²) in [6.07, 6.45) is 7.28. The van der Waals surface area contributed by atoms with E-state index in [1.165, 1.54) is 18.4 Å². The minimum atomic E-state index is 0.129. The minimum Gasteiger partial charge on any atom is -0.313 e. The summed E-state index contributed by atoms with van der Waals surface area (Å²) < 4.78 is 1.86. The standard InChI is InChI=1S/C19H25NO/c1-3-4-8-16(2)20-14-13-18(15-19(20)21)12-11-17-9-6-5-7-10-17/h5-7,9-10,13-16H,3-4,8,11-12H2,1-2H3. The number of hydrogen-bond donors (Lipinski definition) is 0. The van der Waals surface area contributed by atoms with Crippen LogP contribution in [0.4, 0.5) is 0 Å². The number of aryl methyl sites for hydroxylation is 2. The average Bonchev–Trinajstić information content (AvgIpc) is 2.51. The van der Waals surface area contributed by atoms with E-state index in [0.717, 1.165) is 24.8 Å². The first kappa shape index (κ1) is 15.6. The summed E-state index contributed by atoms with van der Waals surface area (Å²) in [7, 11) is 0. The molecular weight excluding hydrogens is 258 g/mol. The van der Waals surface area contributed by atoms with Gasteiger partial charge >= 0.3 is 0 Å². The lowest BCUT2D eigenvalue weighted by molar-refractivity contribution is 0.472. The Balaban J connectivity index is 2.00. The molecule has 2 heteroatoms. The van der Waals surface area contributed by atoms with Gasteiger partial charge in [-0.3, -0.25) is 4.79 Å². The van der Waals surface area contributed by atoms with Crippen molar-refractivity contribution in [2.24, 2.45) is 0 Å². The molecular formula is C19H25NO. The van der Waals surface area contributed by atoms with Crippen LogP contribution in [0.15, 0.2) is 53.5 Å². The van der Waals surface area contributed by atoms with Gasteiger partial charge in [-0.25, -0.2) is 0 Å². The Kier molecular flexibility index (Phi) is 5.79. The van der Waals surface area contributed by atoms with Crippen molar-refractivity contribution in [2.45, 2.75) is 52.0 Å². The van der Waals surface area contributed by atoms with Crippen LogP contribution in [0.2, 0.25) is 0 Å². The molecule has 1 heterocycles. The number of rotatable bonds is 7. The summed E-state index contributed by atoms with van der Waals surface area (Å²) in [6, 6.07) is 14.6. The predicted octanol–water partition coefficient (Wildman–Crippen LogP) is 4.38. The molecule has 2 rings (SSSR count). The second kappa shape index (κ2) is 7.82. The number of pyridine rings is 1. The number of unbranched alkanes of at least 4 members (excludes halogenated alkanes) is 1. The smallest absolute Gasteiger partial charge is 0.251 e. The molecule has 0 aliphatic heterocycles. The first-order valence-electron chi connectivity index (χ1n) is 7.95. The fourth-order valence-electron chi connectivity index (χ4n) is 2.62. The maximum Gasteiger partial charge on any atom is 0.251 e. The van der Waals surface area contributed by atoms with Crippen LogP contribution >= 0.6 is 0 Å². The largest absolute Gasteiger partial charge is 0.313 e. The maximum atomic E-state index is 12.2. The van der Waals surface area contributed by atoms with Crippen LogP contribution in [0.3, 0.4) is 0 Å². The zero-order chi connectivity index (χ0) is 15.1. The zero-order valence-corrected chi connectivity index (χ0v) is 13.1. The third-order valence-corrected chi connectivity index (χ3v) is 4.01. The highest BCUT2D eigenvalue weighted by molar-refractivity contribution is 5.18. The molecule has 21 heavy (non-hydrogen) atoms. The third kappa shape index (κ3) is 4.59. The minimum absolute atomic E-state index is 0.129. The van der Waals surface area contributed by atoms with Crippen LogP contribution in [0.1, 0.15) is 50.3 Å². The van der Waals surface area contributed by atoms with Gasteiger partial charge in [0.2, 0.25) is 0 Å². The van der Waals surface area contributed by atoms with E-state index in [9.17, 15) is 4.79 Å². The first-order valence-corrected chi connectivity index (χ1v) is 7.95. The second-order valence-electron chi connectivity index (χ2n) is 5.76. The second-order valence-corrected chi connectivity index (χ2v) is 5.76. The summed E-state index contributed by atoms with van der Waals surface area (Å²) in [5.41, 5.74) is 2.57. The van der Waals surface area contributed by atoms with Crippen molar-refractivity contribution in [3.05, 3.63) is 70.1 Å². The lowest BCUT2D eigenvalue weighted by atomic mass is 10.1. The van der Waals surface area contributed by atoms with E-state index in [-0.39, 0.29) is 5.56 Å².